The summed E-state index contributed by atoms with van der Waals surface area (Å²) in [7, 11) is 0. The predicted octanol–water partition coefficient (Wildman–Crippen LogP) is 5.88. The SMILES string of the molecule is Clc1ccc2c(CCCN3CCN(c4cccc(Cl)c4Cl)CC3)c[nH]c2c1. The molecule has 4 rings (SSSR count). The number of hydrogen-bond donors (Lipinski definition) is 1. The number of H-pyrrole nitrogens is 1. The van der Waals surface area contributed by atoms with E-state index < -0.39 is 0 Å². The first-order valence-electron chi connectivity index (χ1n) is 9.28. The molecule has 1 aromatic heterocycles. The van der Waals surface area contributed by atoms with Gasteiger partial charge in [-0.25, -0.2) is 0 Å². The van der Waals surface area contributed by atoms with Crippen molar-refractivity contribution in [2.75, 3.05) is 37.6 Å². The number of nitrogens with one attached hydrogen (secondary N) is 1. The van der Waals surface area contributed by atoms with E-state index in [4.69, 9.17) is 34.8 Å². The lowest BCUT2D eigenvalue weighted by molar-refractivity contribution is 0.255. The van der Waals surface area contributed by atoms with E-state index >= 15 is 0 Å². The molecule has 0 atom stereocenters. The molecule has 0 radical (unpaired) electrons. The lowest BCUT2D eigenvalue weighted by atomic mass is 10.1. The normalized spacial score (nSPS) is 15.6. The van der Waals surface area contributed by atoms with Crippen molar-refractivity contribution < 1.29 is 0 Å². The number of piperazine rings is 1. The van der Waals surface area contributed by atoms with Gasteiger partial charge in [-0.1, -0.05) is 46.9 Å². The summed E-state index contributed by atoms with van der Waals surface area (Å²) in [5, 5.41) is 3.33. The molecule has 0 bridgehead atoms. The van der Waals surface area contributed by atoms with E-state index in [0.717, 1.165) is 61.8 Å². The van der Waals surface area contributed by atoms with Crippen molar-refractivity contribution in [3.8, 4) is 0 Å². The first-order chi connectivity index (χ1) is 13.1. The minimum Gasteiger partial charge on any atom is -0.368 e. The van der Waals surface area contributed by atoms with E-state index in [0.29, 0.717) is 10.0 Å². The van der Waals surface area contributed by atoms with Gasteiger partial charge in [0.25, 0.3) is 0 Å². The summed E-state index contributed by atoms with van der Waals surface area (Å²) in [5.41, 5.74) is 3.52. The van der Waals surface area contributed by atoms with Crippen molar-refractivity contribution in [1.82, 2.24) is 9.88 Å². The van der Waals surface area contributed by atoms with Crippen LogP contribution in [0.5, 0.6) is 0 Å². The monoisotopic (exact) mass is 421 g/mol. The number of rotatable bonds is 5. The molecule has 1 fully saturated rings. The third-order valence-corrected chi connectivity index (χ3v) is 6.34. The number of aryl methyl sites for hydroxylation is 1. The minimum absolute atomic E-state index is 0.622. The van der Waals surface area contributed by atoms with Crippen LogP contribution in [-0.4, -0.2) is 42.6 Å². The van der Waals surface area contributed by atoms with Crippen LogP contribution >= 0.6 is 34.8 Å². The average molecular weight is 423 g/mol. The van der Waals surface area contributed by atoms with Gasteiger partial charge in [-0.3, -0.25) is 4.90 Å². The zero-order chi connectivity index (χ0) is 18.8. The Balaban J connectivity index is 1.29. The molecule has 1 saturated heterocycles. The second-order valence-electron chi connectivity index (χ2n) is 7.01. The maximum absolute atomic E-state index is 6.36. The van der Waals surface area contributed by atoms with Crippen molar-refractivity contribution in [3.63, 3.8) is 0 Å². The number of halogens is 3. The van der Waals surface area contributed by atoms with Crippen LogP contribution in [0.25, 0.3) is 10.9 Å². The van der Waals surface area contributed by atoms with Gasteiger partial charge in [0.2, 0.25) is 0 Å². The van der Waals surface area contributed by atoms with Crippen molar-refractivity contribution in [2.45, 2.75) is 12.8 Å². The Bertz CT molecular complexity index is 930. The Morgan fingerprint density at radius 1 is 0.963 bits per heavy atom. The smallest absolute Gasteiger partial charge is 0.0825 e. The Kier molecular flexibility index (Phi) is 5.84. The second kappa shape index (κ2) is 8.32. The molecule has 1 aliphatic rings. The molecule has 6 heteroatoms. The number of benzene rings is 2. The highest BCUT2D eigenvalue weighted by Gasteiger charge is 2.19. The standard InChI is InChI=1S/C21H22Cl3N3/c22-16-6-7-17-15(14-25-19(17)13-16)3-2-8-26-9-11-27(12-10-26)20-5-1-4-18(23)21(20)24/h1,4-7,13-14,25H,2-3,8-12H2. The maximum atomic E-state index is 6.36. The molecule has 2 heterocycles. The molecule has 27 heavy (non-hydrogen) atoms. The quantitative estimate of drug-likeness (QED) is 0.554. The van der Waals surface area contributed by atoms with Gasteiger partial charge in [-0.05, 0) is 49.2 Å². The van der Waals surface area contributed by atoms with Crippen LogP contribution in [0.1, 0.15) is 12.0 Å². The van der Waals surface area contributed by atoms with Gasteiger partial charge in [0, 0.05) is 48.3 Å². The topological polar surface area (TPSA) is 22.3 Å². The molecular weight excluding hydrogens is 401 g/mol. The van der Waals surface area contributed by atoms with Crippen LogP contribution in [0.3, 0.4) is 0 Å². The summed E-state index contributed by atoms with van der Waals surface area (Å²) in [5.74, 6) is 0. The Morgan fingerprint density at radius 3 is 2.59 bits per heavy atom. The molecular formula is C21H22Cl3N3. The molecule has 3 aromatic rings. The summed E-state index contributed by atoms with van der Waals surface area (Å²) >= 11 is 18.6. The Labute approximate surface area is 174 Å². The predicted molar refractivity (Wildman–Crippen MR) is 117 cm³/mol. The average Bonchev–Trinajstić information content (AvgIpc) is 3.07. The molecule has 1 N–H and O–H groups in total. The van der Waals surface area contributed by atoms with Gasteiger partial charge in [0.1, 0.15) is 0 Å². The molecule has 1 aliphatic heterocycles. The number of anilines is 1. The van der Waals surface area contributed by atoms with E-state index in [-0.39, 0.29) is 0 Å². The first kappa shape index (κ1) is 18.9. The van der Waals surface area contributed by atoms with Gasteiger partial charge in [-0.15, -0.1) is 0 Å². The number of hydrogen-bond acceptors (Lipinski definition) is 2. The van der Waals surface area contributed by atoms with Gasteiger partial charge in [0.15, 0.2) is 0 Å². The van der Waals surface area contributed by atoms with Crippen LogP contribution in [0.2, 0.25) is 15.1 Å². The molecule has 0 aliphatic carbocycles. The van der Waals surface area contributed by atoms with Crippen LogP contribution in [-0.2, 0) is 6.42 Å². The third-order valence-electron chi connectivity index (χ3n) is 5.29. The van der Waals surface area contributed by atoms with Crippen molar-refractivity contribution in [1.29, 1.82) is 0 Å². The highest BCUT2D eigenvalue weighted by molar-refractivity contribution is 6.43. The summed E-state index contributed by atoms with van der Waals surface area (Å²) in [6, 6.07) is 11.9. The van der Waals surface area contributed by atoms with E-state index in [1.807, 2.05) is 30.3 Å². The molecule has 0 saturated carbocycles. The number of nitrogens with zero attached hydrogens (tertiary/aromatic N) is 2. The number of aromatic nitrogens is 1. The highest BCUT2D eigenvalue weighted by atomic mass is 35.5. The maximum Gasteiger partial charge on any atom is 0.0825 e. The van der Waals surface area contributed by atoms with Gasteiger partial charge >= 0.3 is 0 Å². The zero-order valence-corrected chi connectivity index (χ0v) is 17.3. The Morgan fingerprint density at radius 2 is 1.78 bits per heavy atom. The second-order valence-corrected chi connectivity index (χ2v) is 8.23. The number of aromatic amines is 1. The first-order valence-corrected chi connectivity index (χ1v) is 10.4. The molecule has 0 spiro atoms. The van der Waals surface area contributed by atoms with E-state index in [1.54, 1.807) is 0 Å². The van der Waals surface area contributed by atoms with E-state index in [2.05, 4.69) is 27.0 Å². The molecule has 0 unspecified atom stereocenters. The number of fused-ring (bicyclic) bond motifs is 1. The van der Waals surface area contributed by atoms with E-state index in [1.165, 1.54) is 10.9 Å². The summed E-state index contributed by atoms with van der Waals surface area (Å²) in [4.78, 5) is 8.18. The zero-order valence-electron chi connectivity index (χ0n) is 15.0. The lowest BCUT2D eigenvalue weighted by Gasteiger charge is -2.36. The molecule has 142 valence electrons. The van der Waals surface area contributed by atoms with Crippen LogP contribution in [0.15, 0.2) is 42.6 Å². The van der Waals surface area contributed by atoms with Crippen LogP contribution in [0, 0.1) is 0 Å². The summed E-state index contributed by atoms with van der Waals surface area (Å²) in [6.45, 7) is 5.16. The van der Waals surface area contributed by atoms with Gasteiger partial charge in [-0.2, -0.15) is 0 Å². The minimum atomic E-state index is 0.622. The fraction of sp³-hybridized carbons (Fsp3) is 0.333. The van der Waals surface area contributed by atoms with Gasteiger partial charge in [0.05, 0.1) is 15.7 Å². The van der Waals surface area contributed by atoms with Crippen molar-refractivity contribution in [3.05, 3.63) is 63.2 Å². The third kappa shape index (κ3) is 4.22. The largest absolute Gasteiger partial charge is 0.368 e. The molecule has 3 nitrogen and oxygen atoms in total. The molecule has 0 amide bonds. The Hall–Kier alpha value is -1.39. The highest BCUT2D eigenvalue weighted by Crippen LogP contribution is 2.33. The van der Waals surface area contributed by atoms with E-state index in [9.17, 15) is 0 Å². The van der Waals surface area contributed by atoms with Crippen LogP contribution < -0.4 is 4.90 Å². The van der Waals surface area contributed by atoms with Crippen LogP contribution in [0.4, 0.5) is 5.69 Å². The summed E-state index contributed by atoms with van der Waals surface area (Å²) < 4.78 is 0. The van der Waals surface area contributed by atoms with Gasteiger partial charge < -0.3 is 9.88 Å². The molecule has 2 aromatic carbocycles. The fourth-order valence-corrected chi connectivity index (χ4v) is 4.39. The fourth-order valence-electron chi connectivity index (χ4n) is 3.81. The van der Waals surface area contributed by atoms with Crippen molar-refractivity contribution in [2.24, 2.45) is 0 Å². The lowest BCUT2D eigenvalue weighted by Crippen LogP contribution is -2.46. The summed E-state index contributed by atoms with van der Waals surface area (Å²) in [6.07, 6.45) is 4.33. The van der Waals surface area contributed by atoms with Crippen molar-refractivity contribution >= 4 is 51.4 Å².